The van der Waals surface area contributed by atoms with E-state index in [0.29, 0.717) is 16.9 Å². The maximum atomic E-state index is 13.1. The van der Waals surface area contributed by atoms with Crippen molar-refractivity contribution >= 4 is 17.8 Å². The minimum atomic E-state index is -1.09. The molecular formula is C18H14F2O4. The molecule has 1 N–H and O–H groups in total. The summed E-state index contributed by atoms with van der Waals surface area (Å²) in [6.07, 6.45) is 1.62. The largest absolute Gasteiger partial charge is 0.479 e. The highest BCUT2D eigenvalue weighted by Crippen LogP contribution is 2.15. The van der Waals surface area contributed by atoms with Gasteiger partial charge in [-0.2, -0.15) is 0 Å². The Morgan fingerprint density at radius 2 is 1.75 bits per heavy atom. The second-order valence-electron chi connectivity index (χ2n) is 4.99. The molecule has 6 heteroatoms. The van der Waals surface area contributed by atoms with Gasteiger partial charge in [-0.05, 0) is 55.0 Å². The molecule has 2 rings (SSSR count). The van der Waals surface area contributed by atoms with Crippen molar-refractivity contribution in [3.63, 3.8) is 0 Å². The van der Waals surface area contributed by atoms with Crippen LogP contribution in [0.25, 0.3) is 6.08 Å². The average Bonchev–Trinajstić information content (AvgIpc) is 2.56. The highest BCUT2D eigenvalue weighted by molar-refractivity contribution is 6.06. The lowest BCUT2D eigenvalue weighted by molar-refractivity contribution is -0.144. The lowest BCUT2D eigenvalue weighted by atomic mass is 10.1. The van der Waals surface area contributed by atoms with Crippen molar-refractivity contribution in [1.82, 2.24) is 0 Å². The monoisotopic (exact) mass is 332 g/mol. The van der Waals surface area contributed by atoms with E-state index in [1.54, 1.807) is 0 Å². The van der Waals surface area contributed by atoms with Crippen LogP contribution in [-0.2, 0) is 4.79 Å². The number of allylic oxidation sites excluding steroid dienone is 1. The summed E-state index contributed by atoms with van der Waals surface area (Å²) in [5.74, 6) is -3.04. The number of aliphatic carboxylic acids is 1. The fourth-order valence-electron chi connectivity index (χ4n) is 1.84. The average molecular weight is 332 g/mol. The number of carboxylic acids is 1. The van der Waals surface area contributed by atoms with Crippen molar-refractivity contribution in [2.45, 2.75) is 13.0 Å². The Labute approximate surface area is 137 Å². The molecule has 1 atom stereocenters. The summed E-state index contributed by atoms with van der Waals surface area (Å²) in [6.45, 7) is 1.39. The number of hydrogen-bond donors (Lipinski definition) is 1. The quantitative estimate of drug-likeness (QED) is 0.647. The van der Waals surface area contributed by atoms with E-state index >= 15 is 0 Å². The first kappa shape index (κ1) is 17.3. The molecule has 0 aliphatic heterocycles. The van der Waals surface area contributed by atoms with Gasteiger partial charge in [0.25, 0.3) is 0 Å². The standard InChI is InChI=1S/C18H14F2O4/c1-11(18(22)23)24-14-6-4-13(5-7-14)17(21)9-3-12-2-8-15(19)16(20)10-12/h2-11H,1H3,(H,22,23)/b9-3+. The third-order valence-corrected chi connectivity index (χ3v) is 3.17. The van der Waals surface area contributed by atoms with Gasteiger partial charge in [0.1, 0.15) is 5.75 Å². The summed E-state index contributed by atoms with van der Waals surface area (Å²) < 4.78 is 31.1. The van der Waals surface area contributed by atoms with E-state index in [-0.39, 0.29) is 5.78 Å². The molecule has 0 fully saturated rings. The van der Waals surface area contributed by atoms with Crippen LogP contribution in [0.15, 0.2) is 48.5 Å². The Morgan fingerprint density at radius 1 is 1.08 bits per heavy atom. The molecule has 0 amide bonds. The zero-order valence-electron chi connectivity index (χ0n) is 12.7. The van der Waals surface area contributed by atoms with Crippen LogP contribution >= 0.6 is 0 Å². The summed E-state index contributed by atoms with van der Waals surface area (Å²) in [5, 5.41) is 8.76. The van der Waals surface area contributed by atoms with Gasteiger partial charge in [0.15, 0.2) is 23.5 Å². The summed E-state index contributed by atoms with van der Waals surface area (Å²) in [6, 6.07) is 9.27. The van der Waals surface area contributed by atoms with E-state index in [1.165, 1.54) is 49.4 Å². The minimum absolute atomic E-state index is 0.325. The van der Waals surface area contributed by atoms with Gasteiger partial charge in [0, 0.05) is 5.56 Å². The summed E-state index contributed by atoms with van der Waals surface area (Å²) >= 11 is 0. The molecule has 2 aromatic carbocycles. The Morgan fingerprint density at radius 3 is 2.33 bits per heavy atom. The Balaban J connectivity index is 2.05. The van der Waals surface area contributed by atoms with E-state index in [1.807, 2.05) is 0 Å². The van der Waals surface area contributed by atoms with E-state index < -0.39 is 23.7 Å². The second kappa shape index (κ2) is 7.50. The van der Waals surface area contributed by atoms with Gasteiger partial charge in [0.05, 0.1) is 0 Å². The van der Waals surface area contributed by atoms with Gasteiger partial charge in [-0.15, -0.1) is 0 Å². The zero-order chi connectivity index (χ0) is 17.7. The molecule has 4 nitrogen and oxygen atoms in total. The van der Waals surface area contributed by atoms with Crippen molar-refractivity contribution in [3.05, 3.63) is 71.3 Å². The smallest absolute Gasteiger partial charge is 0.344 e. The molecule has 0 saturated heterocycles. The molecule has 0 bridgehead atoms. The van der Waals surface area contributed by atoms with E-state index in [0.717, 1.165) is 12.1 Å². The molecule has 124 valence electrons. The number of halogens is 2. The number of carbonyl (C=O) groups is 2. The number of carbonyl (C=O) groups excluding carboxylic acids is 1. The van der Waals surface area contributed by atoms with Crippen LogP contribution < -0.4 is 4.74 Å². The van der Waals surface area contributed by atoms with Gasteiger partial charge in [-0.1, -0.05) is 12.1 Å². The fraction of sp³-hybridized carbons (Fsp3) is 0.111. The summed E-state index contributed by atoms with van der Waals surface area (Å²) in [7, 11) is 0. The van der Waals surface area contributed by atoms with Crippen LogP contribution in [-0.4, -0.2) is 23.0 Å². The fourth-order valence-corrected chi connectivity index (χ4v) is 1.84. The van der Waals surface area contributed by atoms with Gasteiger partial charge in [0.2, 0.25) is 0 Å². The number of carboxylic acid groups (broad SMARTS) is 1. The predicted molar refractivity (Wildman–Crippen MR) is 83.9 cm³/mol. The molecule has 0 aliphatic rings. The van der Waals surface area contributed by atoms with Crippen LogP contribution in [0.3, 0.4) is 0 Å². The van der Waals surface area contributed by atoms with Crippen molar-refractivity contribution in [1.29, 1.82) is 0 Å². The molecule has 0 spiro atoms. The molecule has 1 unspecified atom stereocenters. The molecule has 0 heterocycles. The lowest BCUT2D eigenvalue weighted by Gasteiger charge is -2.10. The number of benzene rings is 2. The van der Waals surface area contributed by atoms with Crippen LogP contribution in [0.4, 0.5) is 8.78 Å². The van der Waals surface area contributed by atoms with Crippen molar-refractivity contribution in [2.24, 2.45) is 0 Å². The third-order valence-electron chi connectivity index (χ3n) is 3.17. The van der Waals surface area contributed by atoms with Gasteiger partial charge in [-0.3, -0.25) is 4.79 Å². The molecule has 24 heavy (non-hydrogen) atoms. The molecule has 0 saturated carbocycles. The van der Waals surface area contributed by atoms with Gasteiger partial charge in [-0.25, -0.2) is 13.6 Å². The molecule has 2 aromatic rings. The third kappa shape index (κ3) is 4.49. The number of ketones is 1. The van der Waals surface area contributed by atoms with Crippen LogP contribution in [0, 0.1) is 11.6 Å². The van der Waals surface area contributed by atoms with Crippen molar-refractivity contribution < 1.29 is 28.2 Å². The topological polar surface area (TPSA) is 63.6 Å². The first-order valence-corrected chi connectivity index (χ1v) is 7.04. The molecule has 0 aromatic heterocycles. The number of rotatable bonds is 6. The predicted octanol–water partition coefficient (Wildman–Crippen LogP) is 3.71. The molecule has 0 radical (unpaired) electrons. The minimum Gasteiger partial charge on any atom is -0.479 e. The Kier molecular flexibility index (Phi) is 5.42. The van der Waals surface area contributed by atoms with Crippen molar-refractivity contribution in [2.75, 3.05) is 0 Å². The van der Waals surface area contributed by atoms with E-state index in [9.17, 15) is 18.4 Å². The Bertz CT molecular complexity index is 782. The van der Waals surface area contributed by atoms with Gasteiger partial charge >= 0.3 is 5.97 Å². The van der Waals surface area contributed by atoms with E-state index in [4.69, 9.17) is 9.84 Å². The van der Waals surface area contributed by atoms with E-state index in [2.05, 4.69) is 0 Å². The maximum absolute atomic E-state index is 13.1. The number of ether oxygens (including phenoxy) is 1. The highest BCUT2D eigenvalue weighted by Gasteiger charge is 2.12. The maximum Gasteiger partial charge on any atom is 0.344 e. The summed E-state index contributed by atoms with van der Waals surface area (Å²) in [4.78, 5) is 22.7. The molecule has 0 aliphatic carbocycles. The SMILES string of the molecule is CC(Oc1ccc(C(=O)/C=C/c2ccc(F)c(F)c2)cc1)C(=O)O. The second-order valence-corrected chi connectivity index (χ2v) is 4.99. The lowest BCUT2D eigenvalue weighted by Crippen LogP contribution is -2.22. The first-order valence-electron chi connectivity index (χ1n) is 7.04. The van der Waals surface area contributed by atoms with Crippen LogP contribution in [0.5, 0.6) is 5.75 Å². The first-order chi connectivity index (χ1) is 11.4. The van der Waals surface area contributed by atoms with Crippen LogP contribution in [0.2, 0.25) is 0 Å². The number of hydrogen-bond acceptors (Lipinski definition) is 3. The normalized spacial score (nSPS) is 12.1. The van der Waals surface area contributed by atoms with Crippen molar-refractivity contribution in [3.8, 4) is 5.75 Å². The van der Waals surface area contributed by atoms with Gasteiger partial charge < -0.3 is 9.84 Å². The molecular weight excluding hydrogens is 318 g/mol. The van der Waals surface area contributed by atoms with Crippen LogP contribution in [0.1, 0.15) is 22.8 Å². The summed E-state index contributed by atoms with van der Waals surface area (Å²) in [5.41, 5.74) is 0.710. The Hall–Kier alpha value is -3.02. The zero-order valence-corrected chi connectivity index (χ0v) is 12.7. The highest BCUT2D eigenvalue weighted by atomic mass is 19.2.